The van der Waals surface area contributed by atoms with E-state index < -0.39 is 0 Å². The van der Waals surface area contributed by atoms with Gasteiger partial charge in [-0.3, -0.25) is 0 Å². The molecule has 252 valence electrons. The maximum Gasteiger partial charge on any atom is -0.00261 e. The number of hydrogen-bond acceptors (Lipinski definition) is 0. The van der Waals surface area contributed by atoms with E-state index in [2.05, 4.69) is 218 Å². The molecule has 0 heterocycles. The fraction of sp³-hybridized carbons (Fsp3) is 0. The van der Waals surface area contributed by atoms with Crippen molar-refractivity contribution in [3.63, 3.8) is 0 Å². The standard InChI is InChI=1S/C54H36/c1-4-15-37(16-5-1)42-21-14-22-43(33-42)39-27-29-40(30-28-39)51-36-46(38-17-6-2-7-18-38)34-44-31-32-45(35-52(44)51)54-49-25-12-10-23-47(49)53(41-19-8-3-9-20-41)48-24-11-13-26-50(48)54/h1-36H. The molecule has 0 spiro atoms. The average molecular weight is 685 g/mol. The molecule has 0 bridgehead atoms. The van der Waals surface area contributed by atoms with Crippen molar-refractivity contribution in [1.29, 1.82) is 0 Å². The summed E-state index contributed by atoms with van der Waals surface area (Å²) in [5.41, 5.74) is 14.7. The zero-order chi connectivity index (χ0) is 35.8. The van der Waals surface area contributed by atoms with Gasteiger partial charge in [-0.15, -0.1) is 0 Å². The van der Waals surface area contributed by atoms with Crippen LogP contribution in [0, 0.1) is 0 Å². The van der Waals surface area contributed by atoms with Gasteiger partial charge in [0.25, 0.3) is 0 Å². The summed E-state index contributed by atoms with van der Waals surface area (Å²) in [4.78, 5) is 0. The van der Waals surface area contributed by atoms with Crippen molar-refractivity contribution in [2.75, 3.05) is 0 Å². The number of hydrogen-bond donors (Lipinski definition) is 0. The molecule has 0 saturated heterocycles. The van der Waals surface area contributed by atoms with E-state index in [1.807, 2.05) is 0 Å². The highest BCUT2D eigenvalue weighted by Gasteiger charge is 2.18. The van der Waals surface area contributed by atoms with Gasteiger partial charge in [-0.1, -0.05) is 194 Å². The molecule has 0 aliphatic heterocycles. The van der Waals surface area contributed by atoms with E-state index in [4.69, 9.17) is 0 Å². The predicted molar refractivity (Wildman–Crippen MR) is 232 cm³/mol. The first-order valence-electron chi connectivity index (χ1n) is 18.7. The van der Waals surface area contributed by atoms with Crippen LogP contribution in [0.5, 0.6) is 0 Å². The average Bonchev–Trinajstić information content (AvgIpc) is 3.26. The molecule has 54 heavy (non-hydrogen) atoms. The summed E-state index contributed by atoms with van der Waals surface area (Å²) in [6.45, 7) is 0. The van der Waals surface area contributed by atoms with Crippen molar-refractivity contribution < 1.29 is 0 Å². The molecule has 0 radical (unpaired) electrons. The Kier molecular flexibility index (Phi) is 7.93. The highest BCUT2D eigenvalue weighted by molar-refractivity contribution is 6.22. The van der Waals surface area contributed by atoms with Crippen molar-refractivity contribution >= 4 is 32.3 Å². The smallest absolute Gasteiger partial charge is 0.00261 e. The first-order valence-corrected chi connectivity index (χ1v) is 18.7. The summed E-state index contributed by atoms with van der Waals surface area (Å²) in [5.74, 6) is 0. The van der Waals surface area contributed by atoms with Gasteiger partial charge in [-0.2, -0.15) is 0 Å². The number of rotatable bonds is 6. The Hall–Kier alpha value is -7.02. The van der Waals surface area contributed by atoms with Gasteiger partial charge in [0, 0.05) is 0 Å². The third-order valence-corrected chi connectivity index (χ3v) is 10.8. The lowest BCUT2D eigenvalue weighted by Gasteiger charge is -2.19. The number of benzene rings is 10. The highest BCUT2D eigenvalue weighted by Crippen LogP contribution is 2.45. The zero-order valence-corrected chi connectivity index (χ0v) is 29.8. The fourth-order valence-corrected chi connectivity index (χ4v) is 8.26. The molecular weight excluding hydrogens is 649 g/mol. The van der Waals surface area contributed by atoms with E-state index in [-0.39, 0.29) is 0 Å². The summed E-state index contributed by atoms with van der Waals surface area (Å²) in [6, 6.07) is 79.7. The maximum atomic E-state index is 2.42. The van der Waals surface area contributed by atoms with E-state index in [0.29, 0.717) is 0 Å². The molecule has 0 heteroatoms. The Labute approximate surface area is 316 Å². The largest absolute Gasteiger partial charge is 0.0622 e. The molecule has 0 unspecified atom stereocenters. The lowest BCUT2D eigenvalue weighted by Crippen LogP contribution is -1.91. The summed E-state index contributed by atoms with van der Waals surface area (Å²) in [6.07, 6.45) is 0. The van der Waals surface area contributed by atoms with E-state index in [1.165, 1.54) is 99.1 Å². The Balaban J connectivity index is 1.16. The first-order chi connectivity index (χ1) is 26.8. The van der Waals surface area contributed by atoms with E-state index in [0.717, 1.165) is 0 Å². The predicted octanol–water partition coefficient (Wildman–Crippen LogP) is 15.1. The van der Waals surface area contributed by atoms with E-state index in [9.17, 15) is 0 Å². The lowest BCUT2D eigenvalue weighted by atomic mass is 9.84. The van der Waals surface area contributed by atoms with Crippen molar-refractivity contribution in [3.05, 3.63) is 218 Å². The van der Waals surface area contributed by atoms with Crippen LogP contribution in [-0.2, 0) is 0 Å². The van der Waals surface area contributed by atoms with Crippen molar-refractivity contribution in [3.8, 4) is 66.8 Å². The summed E-state index contributed by atoms with van der Waals surface area (Å²) < 4.78 is 0. The van der Waals surface area contributed by atoms with Crippen LogP contribution < -0.4 is 0 Å². The molecule has 0 N–H and O–H groups in total. The summed E-state index contributed by atoms with van der Waals surface area (Å²) in [7, 11) is 0. The summed E-state index contributed by atoms with van der Waals surface area (Å²) in [5, 5.41) is 7.53. The molecule has 0 nitrogen and oxygen atoms in total. The Morgan fingerprint density at radius 2 is 0.593 bits per heavy atom. The minimum Gasteiger partial charge on any atom is -0.0622 e. The van der Waals surface area contributed by atoms with E-state index in [1.54, 1.807) is 0 Å². The summed E-state index contributed by atoms with van der Waals surface area (Å²) >= 11 is 0. The minimum absolute atomic E-state index is 1.20. The molecule has 0 amide bonds. The third kappa shape index (κ3) is 5.66. The molecule has 0 aliphatic carbocycles. The fourth-order valence-electron chi connectivity index (χ4n) is 8.26. The third-order valence-electron chi connectivity index (χ3n) is 10.8. The van der Waals surface area contributed by atoms with E-state index >= 15 is 0 Å². The van der Waals surface area contributed by atoms with Gasteiger partial charge in [0.05, 0.1) is 0 Å². The van der Waals surface area contributed by atoms with Gasteiger partial charge >= 0.3 is 0 Å². The van der Waals surface area contributed by atoms with Crippen LogP contribution in [0.15, 0.2) is 218 Å². The Morgan fingerprint density at radius 3 is 1.15 bits per heavy atom. The second-order valence-electron chi connectivity index (χ2n) is 14.1. The Bertz CT molecular complexity index is 2880. The van der Waals surface area contributed by atoms with Crippen LogP contribution in [0.2, 0.25) is 0 Å². The highest BCUT2D eigenvalue weighted by atomic mass is 14.2. The van der Waals surface area contributed by atoms with Crippen LogP contribution in [-0.4, -0.2) is 0 Å². The van der Waals surface area contributed by atoms with Gasteiger partial charge in [-0.25, -0.2) is 0 Å². The second-order valence-corrected chi connectivity index (χ2v) is 14.1. The maximum absolute atomic E-state index is 2.42. The number of fused-ring (bicyclic) bond motifs is 3. The van der Waals surface area contributed by atoms with Gasteiger partial charge < -0.3 is 0 Å². The quantitative estimate of drug-likeness (QED) is 0.153. The van der Waals surface area contributed by atoms with Gasteiger partial charge in [-0.05, 0) is 123 Å². The van der Waals surface area contributed by atoms with Gasteiger partial charge in [0.1, 0.15) is 0 Å². The van der Waals surface area contributed by atoms with Crippen molar-refractivity contribution in [2.45, 2.75) is 0 Å². The monoisotopic (exact) mass is 684 g/mol. The molecule has 10 aromatic carbocycles. The minimum atomic E-state index is 1.20. The first kappa shape index (κ1) is 31.7. The second kappa shape index (κ2) is 13.5. The Morgan fingerprint density at radius 1 is 0.185 bits per heavy atom. The molecular formula is C54H36. The lowest BCUT2D eigenvalue weighted by molar-refractivity contribution is 1.58. The molecule has 10 aromatic rings. The topological polar surface area (TPSA) is 0 Å². The SMILES string of the molecule is c1ccc(-c2cccc(-c3ccc(-c4cc(-c5ccccc5)cc5ccc(-c6c7ccccc7c(-c7ccccc7)c7ccccc67)cc45)cc3)c2)cc1. The van der Waals surface area contributed by atoms with Crippen LogP contribution in [0.3, 0.4) is 0 Å². The van der Waals surface area contributed by atoms with Gasteiger partial charge in [0.2, 0.25) is 0 Å². The molecule has 0 saturated carbocycles. The van der Waals surface area contributed by atoms with Gasteiger partial charge in [0.15, 0.2) is 0 Å². The normalized spacial score (nSPS) is 11.3. The zero-order valence-electron chi connectivity index (χ0n) is 29.8. The molecule has 0 atom stereocenters. The molecule has 0 fully saturated rings. The van der Waals surface area contributed by atoms with Crippen LogP contribution >= 0.6 is 0 Å². The molecule has 0 aromatic heterocycles. The van der Waals surface area contributed by atoms with Crippen molar-refractivity contribution in [1.82, 2.24) is 0 Å². The molecule has 0 aliphatic rings. The van der Waals surface area contributed by atoms with Crippen molar-refractivity contribution in [2.24, 2.45) is 0 Å². The van der Waals surface area contributed by atoms with Crippen LogP contribution in [0.4, 0.5) is 0 Å². The van der Waals surface area contributed by atoms with Crippen LogP contribution in [0.1, 0.15) is 0 Å². The molecule has 10 rings (SSSR count). The van der Waals surface area contributed by atoms with Crippen LogP contribution in [0.25, 0.3) is 99.1 Å².